The van der Waals surface area contributed by atoms with Gasteiger partial charge in [-0.1, -0.05) is 13.8 Å². The molecule has 2 nitrogen and oxygen atoms in total. The average molecular weight is 322 g/mol. The van der Waals surface area contributed by atoms with E-state index in [9.17, 15) is 8.78 Å². The summed E-state index contributed by atoms with van der Waals surface area (Å²) in [5.74, 6) is -0.595. The van der Waals surface area contributed by atoms with Crippen molar-refractivity contribution in [2.24, 2.45) is 5.92 Å². The number of nitrogens with one attached hydrogen (secondary N) is 1. The fraction of sp³-hybridized carbons (Fsp3) is 0.538. The molecule has 0 aromatic heterocycles. The molecular formula is C13H18BrF2NO. The molecule has 5 heteroatoms. The topological polar surface area (TPSA) is 21.3 Å². The molecule has 0 aliphatic heterocycles. The molecule has 1 aromatic carbocycles. The molecular weight excluding hydrogens is 304 g/mol. The Morgan fingerprint density at radius 2 is 2.06 bits per heavy atom. The highest BCUT2D eigenvalue weighted by Gasteiger charge is 2.11. The predicted molar refractivity (Wildman–Crippen MR) is 71.4 cm³/mol. The summed E-state index contributed by atoms with van der Waals surface area (Å²) in [6.07, 6.45) is 0. The fourth-order valence-corrected chi connectivity index (χ4v) is 1.78. The van der Waals surface area contributed by atoms with Crippen molar-refractivity contribution in [2.75, 3.05) is 19.8 Å². The maximum Gasteiger partial charge on any atom is 0.144 e. The lowest BCUT2D eigenvalue weighted by Gasteiger charge is -2.09. The molecule has 0 saturated carbocycles. The molecule has 0 amide bonds. The van der Waals surface area contributed by atoms with Crippen LogP contribution >= 0.6 is 15.9 Å². The van der Waals surface area contributed by atoms with Gasteiger partial charge in [-0.05, 0) is 34.0 Å². The molecule has 0 fully saturated rings. The van der Waals surface area contributed by atoms with E-state index in [1.165, 1.54) is 12.1 Å². The molecule has 102 valence electrons. The second-order valence-electron chi connectivity index (χ2n) is 4.47. The molecule has 0 atom stereocenters. The van der Waals surface area contributed by atoms with Crippen LogP contribution in [-0.4, -0.2) is 19.8 Å². The summed E-state index contributed by atoms with van der Waals surface area (Å²) in [6.45, 7) is 6.09. The van der Waals surface area contributed by atoms with Crippen LogP contribution in [0.25, 0.3) is 0 Å². The van der Waals surface area contributed by atoms with E-state index >= 15 is 0 Å². The molecule has 18 heavy (non-hydrogen) atoms. The van der Waals surface area contributed by atoms with Gasteiger partial charge in [0, 0.05) is 25.3 Å². The molecule has 0 heterocycles. The number of halogens is 3. The Hall–Kier alpha value is -0.520. The summed E-state index contributed by atoms with van der Waals surface area (Å²) in [6, 6.07) is 2.61. The van der Waals surface area contributed by atoms with Gasteiger partial charge in [0.1, 0.15) is 11.6 Å². The minimum Gasteiger partial charge on any atom is -0.380 e. The van der Waals surface area contributed by atoms with Crippen molar-refractivity contribution in [3.63, 3.8) is 0 Å². The van der Waals surface area contributed by atoms with Crippen molar-refractivity contribution in [1.82, 2.24) is 5.32 Å². The molecule has 1 rings (SSSR count). The van der Waals surface area contributed by atoms with Gasteiger partial charge < -0.3 is 10.1 Å². The SMILES string of the molecule is CC(C)COCCNCc1c(F)ccc(Br)c1F. The third-order valence-corrected chi connectivity index (χ3v) is 2.93. The van der Waals surface area contributed by atoms with E-state index in [0.717, 1.165) is 0 Å². The highest BCUT2D eigenvalue weighted by atomic mass is 79.9. The van der Waals surface area contributed by atoms with E-state index < -0.39 is 11.6 Å². The quantitative estimate of drug-likeness (QED) is 0.613. The van der Waals surface area contributed by atoms with Crippen molar-refractivity contribution in [2.45, 2.75) is 20.4 Å². The summed E-state index contributed by atoms with van der Waals surface area (Å²) in [4.78, 5) is 0. The highest BCUT2D eigenvalue weighted by Crippen LogP contribution is 2.21. The summed E-state index contributed by atoms with van der Waals surface area (Å²) in [7, 11) is 0. The van der Waals surface area contributed by atoms with Crippen molar-refractivity contribution >= 4 is 15.9 Å². The molecule has 1 N–H and O–H groups in total. The maximum atomic E-state index is 13.6. The molecule has 0 spiro atoms. The molecule has 0 unspecified atom stereocenters. The first kappa shape index (κ1) is 15.5. The molecule has 0 radical (unpaired) electrons. The van der Waals surface area contributed by atoms with E-state index in [0.29, 0.717) is 25.7 Å². The van der Waals surface area contributed by atoms with Gasteiger partial charge in [-0.15, -0.1) is 0 Å². The second kappa shape index (κ2) is 7.81. The largest absolute Gasteiger partial charge is 0.380 e. The molecule has 1 aromatic rings. The summed E-state index contributed by atoms with van der Waals surface area (Å²) >= 11 is 3.04. The number of hydrogen-bond donors (Lipinski definition) is 1. The monoisotopic (exact) mass is 321 g/mol. The average Bonchev–Trinajstić information content (AvgIpc) is 2.32. The van der Waals surface area contributed by atoms with Crippen LogP contribution in [0.3, 0.4) is 0 Å². The van der Waals surface area contributed by atoms with Crippen LogP contribution < -0.4 is 5.32 Å². The molecule has 0 saturated heterocycles. The van der Waals surface area contributed by atoms with E-state index in [2.05, 4.69) is 35.1 Å². The molecule has 0 aliphatic rings. The summed E-state index contributed by atoms with van der Waals surface area (Å²) < 4.78 is 32.6. The van der Waals surface area contributed by atoms with E-state index in [4.69, 9.17) is 4.74 Å². The van der Waals surface area contributed by atoms with Gasteiger partial charge in [-0.25, -0.2) is 8.78 Å². The van der Waals surface area contributed by atoms with Gasteiger partial charge >= 0.3 is 0 Å². The Morgan fingerprint density at radius 1 is 1.33 bits per heavy atom. The minimum absolute atomic E-state index is 0.0493. The highest BCUT2D eigenvalue weighted by molar-refractivity contribution is 9.10. The van der Waals surface area contributed by atoms with E-state index in [-0.39, 0.29) is 16.6 Å². The first-order chi connectivity index (χ1) is 8.52. The zero-order valence-corrected chi connectivity index (χ0v) is 12.2. The standard InChI is InChI=1S/C13H18BrF2NO/c1-9(2)8-18-6-5-17-7-10-12(15)4-3-11(14)13(10)16/h3-4,9,17H,5-8H2,1-2H3. The smallest absolute Gasteiger partial charge is 0.144 e. The third-order valence-electron chi connectivity index (χ3n) is 2.32. The Balaban J connectivity index is 2.33. The summed E-state index contributed by atoms with van der Waals surface area (Å²) in [5, 5.41) is 2.96. The zero-order chi connectivity index (χ0) is 13.5. The van der Waals surface area contributed by atoms with Gasteiger partial charge in [-0.2, -0.15) is 0 Å². The maximum absolute atomic E-state index is 13.6. The number of rotatable bonds is 7. The Bertz CT molecular complexity index is 385. The van der Waals surface area contributed by atoms with Gasteiger partial charge in [0.05, 0.1) is 11.1 Å². The van der Waals surface area contributed by atoms with Crippen molar-refractivity contribution in [3.8, 4) is 0 Å². The summed E-state index contributed by atoms with van der Waals surface area (Å²) in [5.41, 5.74) is 0.0493. The molecule has 0 bridgehead atoms. The van der Waals surface area contributed by atoms with Crippen molar-refractivity contribution in [3.05, 3.63) is 33.8 Å². The minimum atomic E-state index is -0.550. The normalized spacial score (nSPS) is 11.2. The Labute approximate surface area is 115 Å². The van der Waals surface area contributed by atoms with Crippen LogP contribution in [0, 0.1) is 17.6 Å². The first-order valence-corrected chi connectivity index (χ1v) is 6.72. The van der Waals surface area contributed by atoms with Crippen molar-refractivity contribution < 1.29 is 13.5 Å². The number of hydrogen-bond acceptors (Lipinski definition) is 2. The van der Waals surface area contributed by atoms with E-state index in [1.54, 1.807) is 0 Å². The van der Waals surface area contributed by atoms with Crippen LogP contribution in [0.4, 0.5) is 8.78 Å². The van der Waals surface area contributed by atoms with Gasteiger partial charge in [0.15, 0.2) is 0 Å². The fourth-order valence-electron chi connectivity index (χ4n) is 1.41. The van der Waals surface area contributed by atoms with Gasteiger partial charge in [0.25, 0.3) is 0 Å². The number of ether oxygens (including phenoxy) is 1. The number of benzene rings is 1. The van der Waals surface area contributed by atoms with Gasteiger partial charge in [0.2, 0.25) is 0 Å². The van der Waals surface area contributed by atoms with Crippen molar-refractivity contribution in [1.29, 1.82) is 0 Å². The Kier molecular flexibility index (Phi) is 6.75. The first-order valence-electron chi connectivity index (χ1n) is 5.93. The predicted octanol–water partition coefficient (Wildman–Crippen LogP) is 3.49. The zero-order valence-electron chi connectivity index (χ0n) is 10.6. The van der Waals surface area contributed by atoms with Crippen LogP contribution in [0.15, 0.2) is 16.6 Å². The lowest BCUT2D eigenvalue weighted by atomic mass is 10.2. The lowest BCUT2D eigenvalue weighted by Crippen LogP contribution is -2.21. The third kappa shape index (κ3) is 5.00. The van der Waals surface area contributed by atoms with Crippen LogP contribution in [0.1, 0.15) is 19.4 Å². The lowest BCUT2D eigenvalue weighted by molar-refractivity contribution is 0.111. The van der Waals surface area contributed by atoms with Crippen LogP contribution in [0.2, 0.25) is 0 Å². The molecule has 0 aliphatic carbocycles. The van der Waals surface area contributed by atoms with E-state index in [1.807, 2.05) is 0 Å². The van der Waals surface area contributed by atoms with Crippen LogP contribution in [-0.2, 0) is 11.3 Å². The van der Waals surface area contributed by atoms with Crippen LogP contribution in [0.5, 0.6) is 0 Å². The second-order valence-corrected chi connectivity index (χ2v) is 5.32. The van der Waals surface area contributed by atoms with Gasteiger partial charge in [-0.3, -0.25) is 0 Å². The Morgan fingerprint density at radius 3 is 2.72 bits per heavy atom.